The fraction of sp³-hybridized carbons (Fsp3) is 0.333. The molecule has 0 aliphatic carbocycles. The Kier molecular flexibility index (Phi) is 5.43. The van der Waals surface area contributed by atoms with Gasteiger partial charge in [0.1, 0.15) is 11.9 Å². The summed E-state index contributed by atoms with van der Waals surface area (Å²) in [5, 5.41) is 0. The molecule has 21 heavy (non-hydrogen) atoms. The monoisotopic (exact) mass is 347 g/mol. The number of halogens is 1. The second kappa shape index (κ2) is 7.10. The molecular weight excluding hydrogens is 326 g/mol. The summed E-state index contributed by atoms with van der Waals surface area (Å²) in [6.45, 7) is 6.16. The maximum absolute atomic E-state index is 6.24. The van der Waals surface area contributed by atoms with Gasteiger partial charge in [-0.1, -0.05) is 46.3 Å². The average Bonchev–Trinajstić information content (AvgIpc) is 2.42. The molecule has 2 rings (SSSR count). The molecule has 2 aromatic rings. The van der Waals surface area contributed by atoms with Crippen molar-refractivity contribution in [2.45, 2.75) is 39.3 Å². The molecule has 2 nitrogen and oxygen atoms in total. The Labute approximate surface area is 135 Å². The van der Waals surface area contributed by atoms with E-state index in [9.17, 15) is 0 Å². The zero-order valence-corrected chi connectivity index (χ0v) is 14.4. The lowest BCUT2D eigenvalue weighted by atomic mass is 10.0. The Morgan fingerprint density at radius 1 is 1.14 bits per heavy atom. The molecule has 2 unspecified atom stereocenters. The van der Waals surface area contributed by atoms with Gasteiger partial charge in [-0.15, -0.1) is 0 Å². The van der Waals surface area contributed by atoms with E-state index in [-0.39, 0.29) is 12.1 Å². The number of benzene rings is 2. The van der Waals surface area contributed by atoms with Crippen molar-refractivity contribution in [3.8, 4) is 5.75 Å². The van der Waals surface area contributed by atoms with E-state index in [0.29, 0.717) is 0 Å². The first kappa shape index (κ1) is 16.1. The molecule has 0 aliphatic heterocycles. The van der Waals surface area contributed by atoms with Crippen LogP contribution in [0.2, 0.25) is 0 Å². The van der Waals surface area contributed by atoms with Crippen molar-refractivity contribution in [3.63, 3.8) is 0 Å². The van der Waals surface area contributed by atoms with Crippen LogP contribution >= 0.6 is 15.9 Å². The predicted molar refractivity (Wildman–Crippen MR) is 91.7 cm³/mol. The first-order valence-corrected chi connectivity index (χ1v) is 8.03. The molecule has 0 heterocycles. The molecule has 0 saturated carbocycles. The molecular formula is C18H22BrNO. The van der Waals surface area contributed by atoms with Gasteiger partial charge in [-0.2, -0.15) is 0 Å². The highest BCUT2D eigenvalue weighted by molar-refractivity contribution is 9.10. The van der Waals surface area contributed by atoms with E-state index in [1.807, 2.05) is 25.1 Å². The van der Waals surface area contributed by atoms with Crippen LogP contribution < -0.4 is 10.5 Å². The zero-order chi connectivity index (χ0) is 15.4. The van der Waals surface area contributed by atoms with Crippen LogP contribution in [-0.2, 0) is 6.42 Å². The molecule has 2 N–H and O–H groups in total. The van der Waals surface area contributed by atoms with E-state index in [1.54, 1.807) is 0 Å². The molecule has 2 aromatic carbocycles. The SMILES string of the molecule is Cc1cc(Br)cc(CC(C)N)c1OC(C)c1ccccc1. The summed E-state index contributed by atoms with van der Waals surface area (Å²) in [5.41, 5.74) is 9.42. The van der Waals surface area contributed by atoms with Gasteiger partial charge in [-0.3, -0.25) is 0 Å². The third kappa shape index (κ3) is 4.32. The van der Waals surface area contributed by atoms with Crippen molar-refractivity contribution in [2.75, 3.05) is 0 Å². The van der Waals surface area contributed by atoms with Gasteiger partial charge in [0.25, 0.3) is 0 Å². The van der Waals surface area contributed by atoms with Crippen LogP contribution in [0, 0.1) is 6.92 Å². The Balaban J connectivity index is 2.30. The van der Waals surface area contributed by atoms with E-state index in [2.05, 4.69) is 54.0 Å². The van der Waals surface area contributed by atoms with Crippen molar-refractivity contribution in [1.29, 1.82) is 0 Å². The lowest BCUT2D eigenvalue weighted by Crippen LogP contribution is -2.19. The Bertz CT molecular complexity index is 596. The van der Waals surface area contributed by atoms with Crippen LogP contribution in [0.4, 0.5) is 0 Å². The summed E-state index contributed by atoms with van der Waals surface area (Å²) in [7, 11) is 0. The molecule has 3 heteroatoms. The van der Waals surface area contributed by atoms with Gasteiger partial charge in [0.2, 0.25) is 0 Å². The Morgan fingerprint density at radius 3 is 2.43 bits per heavy atom. The van der Waals surface area contributed by atoms with Gasteiger partial charge in [-0.05, 0) is 56.0 Å². The Hall–Kier alpha value is -1.32. The summed E-state index contributed by atoms with van der Waals surface area (Å²) >= 11 is 3.55. The minimum absolute atomic E-state index is 0.0120. The molecule has 0 aliphatic rings. The minimum atomic E-state index is 0.0120. The maximum Gasteiger partial charge on any atom is 0.126 e. The normalized spacial score (nSPS) is 13.8. The number of hydrogen-bond donors (Lipinski definition) is 1. The standard InChI is InChI=1S/C18H22BrNO/c1-12-9-17(19)11-16(10-13(2)20)18(12)21-14(3)15-7-5-4-6-8-15/h4-9,11,13-14H,10,20H2,1-3H3. The highest BCUT2D eigenvalue weighted by Gasteiger charge is 2.14. The number of nitrogens with two attached hydrogens (primary N) is 1. The van der Waals surface area contributed by atoms with Crippen molar-refractivity contribution < 1.29 is 4.74 Å². The largest absolute Gasteiger partial charge is 0.485 e. The zero-order valence-electron chi connectivity index (χ0n) is 12.8. The van der Waals surface area contributed by atoms with Crippen molar-refractivity contribution in [1.82, 2.24) is 0 Å². The van der Waals surface area contributed by atoms with Crippen LogP contribution in [0.5, 0.6) is 5.75 Å². The van der Waals surface area contributed by atoms with Crippen LogP contribution in [0.25, 0.3) is 0 Å². The van der Waals surface area contributed by atoms with E-state index in [0.717, 1.165) is 27.8 Å². The first-order chi connectivity index (χ1) is 9.97. The topological polar surface area (TPSA) is 35.2 Å². The van der Waals surface area contributed by atoms with E-state index >= 15 is 0 Å². The minimum Gasteiger partial charge on any atom is -0.485 e. The van der Waals surface area contributed by atoms with E-state index < -0.39 is 0 Å². The molecule has 0 saturated heterocycles. The molecule has 0 aromatic heterocycles. The number of rotatable bonds is 5. The van der Waals surface area contributed by atoms with Gasteiger partial charge < -0.3 is 10.5 Å². The summed E-state index contributed by atoms with van der Waals surface area (Å²) in [4.78, 5) is 0. The maximum atomic E-state index is 6.24. The smallest absolute Gasteiger partial charge is 0.126 e. The number of hydrogen-bond acceptors (Lipinski definition) is 2. The average molecular weight is 348 g/mol. The van der Waals surface area contributed by atoms with Gasteiger partial charge in [0.05, 0.1) is 0 Å². The summed E-state index contributed by atoms with van der Waals surface area (Å²) in [6, 6.07) is 14.5. The van der Waals surface area contributed by atoms with Gasteiger partial charge >= 0.3 is 0 Å². The van der Waals surface area contributed by atoms with E-state index in [1.165, 1.54) is 5.56 Å². The van der Waals surface area contributed by atoms with Crippen LogP contribution in [0.15, 0.2) is 46.9 Å². The fourth-order valence-corrected chi connectivity index (χ4v) is 3.06. The molecule has 0 spiro atoms. The van der Waals surface area contributed by atoms with Crippen LogP contribution in [-0.4, -0.2) is 6.04 Å². The second-order valence-electron chi connectivity index (χ2n) is 5.56. The van der Waals surface area contributed by atoms with E-state index in [4.69, 9.17) is 10.5 Å². The van der Waals surface area contributed by atoms with Crippen LogP contribution in [0.3, 0.4) is 0 Å². The summed E-state index contributed by atoms with van der Waals surface area (Å²) in [5.74, 6) is 0.951. The summed E-state index contributed by atoms with van der Waals surface area (Å²) in [6.07, 6.45) is 0.815. The van der Waals surface area contributed by atoms with Gasteiger partial charge in [-0.25, -0.2) is 0 Å². The molecule has 0 amide bonds. The van der Waals surface area contributed by atoms with Crippen molar-refractivity contribution in [2.24, 2.45) is 5.73 Å². The molecule has 0 radical (unpaired) electrons. The van der Waals surface area contributed by atoms with Crippen molar-refractivity contribution in [3.05, 3.63) is 63.6 Å². The summed E-state index contributed by atoms with van der Waals surface area (Å²) < 4.78 is 7.31. The molecule has 0 bridgehead atoms. The highest BCUT2D eigenvalue weighted by atomic mass is 79.9. The highest BCUT2D eigenvalue weighted by Crippen LogP contribution is 2.32. The molecule has 112 valence electrons. The Morgan fingerprint density at radius 2 is 1.81 bits per heavy atom. The number of aryl methyl sites for hydroxylation is 1. The third-order valence-electron chi connectivity index (χ3n) is 3.42. The van der Waals surface area contributed by atoms with Gasteiger partial charge in [0.15, 0.2) is 0 Å². The second-order valence-corrected chi connectivity index (χ2v) is 6.48. The fourth-order valence-electron chi connectivity index (χ4n) is 2.44. The number of ether oxygens (including phenoxy) is 1. The molecule has 0 fully saturated rings. The lowest BCUT2D eigenvalue weighted by molar-refractivity contribution is 0.222. The molecule has 2 atom stereocenters. The third-order valence-corrected chi connectivity index (χ3v) is 3.88. The first-order valence-electron chi connectivity index (χ1n) is 7.23. The van der Waals surface area contributed by atoms with Crippen molar-refractivity contribution >= 4 is 15.9 Å². The van der Waals surface area contributed by atoms with Gasteiger partial charge in [0, 0.05) is 10.5 Å². The predicted octanol–water partition coefficient (Wildman–Crippen LogP) is 4.79. The van der Waals surface area contributed by atoms with Crippen LogP contribution in [0.1, 0.15) is 36.6 Å². The quantitative estimate of drug-likeness (QED) is 0.843. The lowest BCUT2D eigenvalue weighted by Gasteiger charge is -2.21.